The van der Waals surface area contributed by atoms with Gasteiger partial charge < -0.3 is 14.7 Å². The molecule has 0 aromatic carbocycles. The maximum absolute atomic E-state index is 11.7. The van der Waals surface area contributed by atoms with Gasteiger partial charge in [-0.15, -0.1) is 0 Å². The van der Waals surface area contributed by atoms with Crippen LogP contribution in [-0.2, 0) is 9.53 Å². The van der Waals surface area contributed by atoms with Crippen molar-refractivity contribution in [3.63, 3.8) is 0 Å². The number of rotatable bonds is 8. The van der Waals surface area contributed by atoms with Crippen molar-refractivity contribution >= 4 is 5.91 Å². The van der Waals surface area contributed by atoms with Gasteiger partial charge >= 0.3 is 0 Å². The summed E-state index contributed by atoms with van der Waals surface area (Å²) in [6, 6.07) is 2.01. The van der Waals surface area contributed by atoms with E-state index < -0.39 is 6.10 Å². The van der Waals surface area contributed by atoms with Crippen LogP contribution in [-0.4, -0.2) is 48.8 Å². The fourth-order valence-electron chi connectivity index (χ4n) is 1.24. The van der Waals surface area contributed by atoms with Gasteiger partial charge in [0.05, 0.1) is 25.2 Å². The quantitative estimate of drug-likeness (QED) is 0.658. The molecular weight excluding hydrogens is 208 g/mol. The molecule has 0 rings (SSSR count). The molecule has 1 N–H and O–H groups in total. The molecule has 92 valence electrons. The van der Waals surface area contributed by atoms with Crippen molar-refractivity contribution in [2.24, 2.45) is 0 Å². The highest BCUT2D eigenvalue weighted by molar-refractivity contribution is 5.76. The number of carbonyl (C=O) groups excluding carboxylic acids is 1. The minimum absolute atomic E-state index is 0.0341. The minimum atomic E-state index is -0.468. The lowest BCUT2D eigenvalue weighted by atomic mass is 10.2. The van der Waals surface area contributed by atoms with Gasteiger partial charge in [-0.05, 0) is 13.3 Å². The van der Waals surface area contributed by atoms with Crippen molar-refractivity contribution in [1.29, 1.82) is 5.26 Å². The lowest BCUT2D eigenvalue weighted by Gasteiger charge is -2.21. The highest BCUT2D eigenvalue weighted by Crippen LogP contribution is 2.02. The van der Waals surface area contributed by atoms with E-state index in [4.69, 9.17) is 15.1 Å². The van der Waals surface area contributed by atoms with Crippen LogP contribution < -0.4 is 0 Å². The van der Waals surface area contributed by atoms with Crippen LogP contribution in [0.3, 0.4) is 0 Å². The summed E-state index contributed by atoms with van der Waals surface area (Å²) in [5.74, 6) is -0.0341. The molecule has 1 amide bonds. The van der Waals surface area contributed by atoms with Gasteiger partial charge in [-0.3, -0.25) is 4.79 Å². The van der Waals surface area contributed by atoms with E-state index in [1.807, 2.05) is 6.07 Å². The second kappa shape index (κ2) is 9.13. The van der Waals surface area contributed by atoms with E-state index in [1.54, 1.807) is 18.9 Å². The zero-order valence-electron chi connectivity index (χ0n) is 9.98. The van der Waals surface area contributed by atoms with E-state index in [-0.39, 0.29) is 5.91 Å². The Labute approximate surface area is 96.6 Å². The SMILES string of the molecule is COCCN(CCC#N)C(=O)CCC(C)O. The first-order chi connectivity index (χ1) is 7.61. The molecule has 1 unspecified atom stereocenters. The predicted molar refractivity (Wildman–Crippen MR) is 59.6 cm³/mol. The van der Waals surface area contributed by atoms with Crippen LogP contribution in [0.4, 0.5) is 0 Å². The van der Waals surface area contributed by atoms with Crippen LogP contribution in [0.15, 0.2) is 0 Å². The monoisotopic (exact) mass is 228 g/mol. The van der Waals surface area contributed by atoms with E-state index >= 15 is 0 Å². The number of hydrogen-bond acceptors (Lipinski definition) is 4. The summed E-state index contributed by atoms with van der Waals surface area (Å²) >= 11 is 0. The van der Waals surface area contributed by atoms with E-state index in [1.165, 1.54) is 0 Å². The summed E-state index contributed by atoms with van der Waals surface area (Å²) in [6.45, 7) is 3.04. The van der Waals surface area contributed by atoms with Gasteiger partial charge in [0.25, 0.3) is 0 Å². The molecule has 0 aliphatic carbocycles. The fraction of sp³-hybridized carbons (Fsp3) is 0.818. The van der Waals surface area contributed by atoms with E-state index in [0.717, 1.165) is 0 Å². The summed E-state index contributed by atoms with van der Waals surface area (Å²) in [4.78, 5) is 13.3. The van der Waals surface area contributed by atoms with Crippen molar-refractivity contribution in [2.45, 2.75) is 32.3 Å². The molecule has 16 heavy (non-hydrogen) atoms. The van der Waals surface area contributed by atoms with Crippen molar-refractivity contribution in [3.8, 4) is 6.07 Å². The lowest BCUT2D eigenvalue weighted by molar-refractivity contribution is -0.132. The normalized spacial score (nSPS) is 11.9. The smallest absolute Gasteiger partial charge is 0.222 e. The van der Waals surface area contributed by atoms with Crippen LogP contribution in [0.5, 0.6) is 0 Å². The summed E-state index contributed by atoms with van der Waals surface area (Å²) in [5, 5.41) is 17.6. The third-order valence-corrected chi connectivity index (χ3v) is 2.19. The summed E-state index contributed by atoms with van der Waals surface area (Å²) in [5.41, 5.74) is 0. The third-order valence-electron chi connectivity index (χ3n) is 2.19. The Morgan fingerprint density at radius 2 is 2.25 bits per heavy atom. The summed E-state index contributed by atoms with van der Waals surface area (Å²) < 4.78 is 4.90. The Kier molecular flexibility index (Phi) is 8.49. The van der Waals surface area contributed by atoms with Crippen molar-refractivity contribution in [2.75, 3.05) is 26.8 Å². The van der Waals surface area contributed by atoms with Gasteiger partial charge in [-0.1, -0.05) is 0 Å². The molecule has 0 saturated heterocycles. The number of carbonyl (C=O) groups is 1. The molecule has 5 heteroatoms. The maximum Gasteiger partial charge on any atom is 0.222 e. The lowest BCUT2D eigenvalue weighted by Crippen LogP contribution is -2.34. The fourth-order valence-corrected chi connectivity index (χ4v) is 1.24. The Morgan fingerprint density at radius 1 is 1.56 bits per heavy atom. The summed E-state index contributed by atoms with van der Waals surface area (Å²) in [7, 11) is 1.57. The zero-order chi connectivity index (χ0) is 12.4. The maximum atomic E-state index is 11.7. The van der Waals surface area contributed by atoms with Crippen LogP contribution in [0.25, 0.3) is 0 Å². The van der Waals surface area contributed by atoms with Gasteiger partial charge in [0.15, 0.2) is 0 Å². The molecule has 0 radical (unpaired) electrons. The number of nitrogens with zero attached hydrogens (tertiary/aromatic N) is 2. The minimum Gasteiger partial charge on any atom is -0.393 e. The molecule has 5 nitrogen and oxygen atoms in total. The second-order valence-corrected chi connectivity index (χ2v) is 3.67. The molecule has 0 bridgehead atoms. The Morgan fingerprint density at radius 3 is 2.75 bits per heavy atom. The first-order valence-electron chi connectivity index (χ1n) is 5.43. The topological polar surface area (TPSA) is 73.6 Å². The van der Waals surface area contributed by atoms with Crippen LogP contribution in [0, 0.1) is 11.3 Å². The highest BCUT2D eigenvalue weighted by Gasteiger charge is 2.13. The average Bonchev–Trinajstić information content (AvgIpc) is 2.26. The van der Waals surface area contributed by atoms with E-state index in [9.17, 15) is 4.79 Å². The van der Waals surface area contributed by atoms with Gasteiger partial charge in [0, 0.05) is 26.6 Å². The van der Waals surface area contributed by atoms with Crippen LogP contribution in [0.2, 0.25) is 0 Å². The molecule has 1 atom stereocenters. The molecule has 0 saturated carbocycles. The number of aliphatic hydroxyl groups is 1. The van der Waals surface area contributed by atoms with Gasteiger partial charge in [0.1, 0.15) is 0 Å². The molecule has 0 aromatic heterocycles. The summed E-state index contributed by atoms with van der Waals surface area (Å²) in [6.07, 6.45) is 0.621. The Hall–Kier alpha value is -1.12. The Balaban J connectivity index is 4.04. The number of hydrogen-bond donors (Lipinski definition) is 1. The molecule has 0 aromatic rings. The first-order valence-corrected chi connectivity index (χ1v) is 5.43. The first kappa shape index (κ1) is 14.9. The molecule has 0 heterocycles. The molecule has 0 spiro atoms. The molecular formula is C11H20N2O3. The second-order valence-electron chi connectivity index (χ2n) is 3.67. The number of methoxy groups -OCH3 is 1. The predicted octanol–water partition coefficient (Wildman–Crippen LogP) is 0.536. The largest absolute Gasteiger partial charge is 0.393 e. The molecule has 0 aliphatic heterocycles. The van der Waals surface area contributed by atoms with Crippen LogP contribution in [0.1, 0.15) is 26.2 Å². The van der Waals surface area contributed by atoms with Crippen molar-refractivity contribution < 1.29 is 14.6 Å². The van der Waals surface area contributed by atoms with E-state index in [2.05, 4.69) is 0 Å². The van der Waals surface area contributed by atoms with Gasteiger partial charge in [-0.25, -0.2) is 0 Å². The van der Waals surface area contributed by atoms with Crippen molar-refractivity contribution in [1.82, 2.24) is 4.90 Å². The number of ether oxygens (including phenoxy) is 1. The zero-order valence-corrected chi connectivity index (χ0v) is 9.98. The van der Waals surface area contributed by atoms with Gasteiger partial charge in [0.2, 0.25) is 5.91 Å². The molecule has 0 aliphatic rings. The van der Waals surface area contributed by atoms with E-state index in [0.29, 0.717) is 39.0 Å². The highest BCUT2D eigenvalue weighted by atomic mass is 16.5. The van der Waals surface area contributed by atoms with Crippen LogP contribution >= 0.6 is 0 Å². The third kappa shape index (κ3) is 7.21. The molecule has 0 fully saturated rings. The Bertz CT molecular complexity index is 236. The van der Waals surface area contributed by atoms with Gasteiger partial charge in [-0.2, -0.15) is 5.26 Å². The number of amides is 1. The number of aliphatic hydroxyl groups excluding tert-OH is 1. The standard InChI is InChI=1S/C11H20N2O3/c1-10(14)4-5-11(15)13(7-3-6-12)8-9-16-2/h10,14H,3-5,7-9H2,1-2H3. The van der Waals surface area contributed by atoms with Crippen molar-refractivity contribution in [3.05, 3.63) is 0 Å². The number of nitriles is 1. The average molecular weight is 228 g/mol.